The van der Waals surface area contributed by atoms with Crippen LogP contribution in [0, 0.1) is 17.6 Å². The van der Waals surface area contributed by atoms with E-state index in [1.807, 2.05) is 0 Å². The molecule has 1 saturated heterocycles. The van der Waals surface area contributed by atoms with E-state index in [4.69, 9.17) is 5.73 Å². The van der Waals surface area contributed by atoms with Gasteiger partial charge in [0.25, 0.3) is 0 Å². The van der Waals surface area contributed by atoms with Crippen molar-refractivity contribution in [2.45, 2.75) is 25.8 Å². The molecule has 0 spiro atoms. The van der Waals surface area contributed by atoms with Gasteiger partial charge in [-0.3, -0.25) is 4.79 Å². The maximum atomic E-state index is 13.2. The van der Waals surface area contributed by atoms with Crippen LogP contribution in [0.1, 0.15) is 31.4 Å². The van der Waals surface area contributed by atoms with Crippen LogP contribution < -0.4 is 11.1 Å². The highest BCUT2D eigenvalue weighted by Gasteiger charge is 2.26. The molecule has 2 rings (SSSR count). The topological polar surface area (TPSA) is 75.4 Å². The zero-order valence-corrected chi connectivity index (χ0v) is 12.3. The Bertz CT molecular complexity index is 572. The van der Waals surface area contributed by atoms with Gasteiger partial charge in [0.1, 0.15) is 0 Å². The Morgan fingerprint density at radius 2 is 1.91 bits per heavy atom. The normalized spacial score (nSPS) is 17.1. The van der Waals surface area contributed by atoms with Crippen LogP contribution >= 0.6 is 0 Å². The number of amides is 3. The van der Waals surface area contributed by atoms with Crippen molar-refractivity contribution < 1.29 is 18.4 Å². The number of nitrogens with one attached hydrogen (secondary N) is 1. The van der Waals surface area contributed by atoms with Crippen molar-refractivity contribution in [1.29, 1.82) is 0 Å². The Labute approximate surface area is 127 Å². The fourth-order valence-corrected chi connectivity index (χ4v) is 2.51. The highest BCUT2D eigenvalue weighted by molar-refractivity contribution is 5.78. The van der Waals surface area contributed by atoms with E-state index in [2.05, 4.69) is 5.32 Å². The fourth-order valence-electron chi connectivity index (χ4n) is 2.51. The number of urea groups is 1. The predicted octanol–water partition coefficient (Wildman–Crippen LogP) is 1.93. The number of nitrogens with two attached hydrogens (primary N) is 1. The van der Waals surface area contributed by atoms with Gasteiger partial charge in [0.15, 0.2) is 11.6 Å². The lowest BCUT2D eigenvalue weighted by molar-refractivity contribution is -0.123. The molecule has 1 aliphatic heterocycles. The van der Waals surface area contributed by atoms with E-state index in [-0.39, 0.29) is 17.9 Å². The average Bonchev–Trinajstić information content (AvgIpc) is 2.50. The van der Waals surface area contributed by atoms with Crippen LogP contribution in [0.5, 0.6) is 0 Å². The summed E-state index contributed by atoms with van der Waals surface area (Å²) >= 11 is 0. The third-order valence-electron chi connectivity index (χ3n) is 3.97. The smallest absolute Gasteiger partial charge is 0.317 e. The second kappa shape index (κ2) is 6.72. The summed E-state index contributed by atoms with van der Waals surface area (Å²) in [6, 6.07) is 2.80. The van der Waals surface area contributed by atoms with Gasteiger partial charge in [-0.1, -0.05) is 6.07 Å². The molecule has 0 aromatic heterocycles. The predicted molar refractivity (Wildman–Crippen MR) is 76.8 cm³/mol. The number of primary amides is 1. The van der Waals surface area contributed by atoms with Crippen LogP contribution in [-0.4, -0.2) is 29.9 Å². The number of hydrogen-bond donors (Lipinski definition) is 2. The van der Waals surface area contributed by atoms with Crippen LogP contribution in [0.25, 0.3) is 0 Å². The largest absolute Gasteiger partial charge is 0.369 e. The Kier molecular flexibility index (Phi) is 4.95. The van der Waals surface area contributed by atoms with Crippen LogP contribution in [0.3, 0.4) is 0 Å². The molecule has 1 fully saturated rings. The SMILES string of the molecule is CC(NC(=O)N1CCC(C(N)=O)CC1)c1ccc(F)c(F)c1. The number of halogens is 2. The second-order valence-corrected chi connectivity index (χ2v) is 5.51. The number of piperidine rings is 1. The molecular formula is C15H19F2N3O2. The molecule has 0 bridgehead atoms. The Morgan fingerprint density at radius 3 is 2.45 bits per heavy atom. The van der Waals surface area contributed by atoms with Gasteiger partial charge in [-0.15, -0.1) is 0 Å². The maximum absolute atomic E-state index is 13.2. The number of carbonyl (C=O) groups excluding carboxylic acids is 2. The van der Waals surface area contributed by atoms with Crippen LogP contribution in [0.15, 0.2) is 18.2 Å². The van der Waals surface area contributed by atoms with Crippen LogP contribution in [0.4, 0.5) is 13.6 Å². The van der Waals surface area contributed by atoms with Crippen molar-refractivity contribution in [2.75, 3.05) is 13.1 Å². The number of carbonyl (C=O) groups is 2. The Morgan fingerprint density at radius 1 is 1.27 bits per heavy atom. The highest BCUT2D eigenvalue weighted by Crippen LogP contribution is 2.19. The first-order valence-corrected chi connectivity index (χ1v) is 7.18. The summed E-state index contributed by atoms with van der Waals surface area (Å²) in [6.45, 7) is 2.59. The van der Waals surface area contributed by atoms with Crippen LogP contribution in [0.2, 0.25) is 0 Å². The van der Waals surface area contributed by atoms with Gasteiger partial charge < -0.3 is 16.0 Å². The van der Waals surface area contributed by atoms with Crippen molar-refractivity contribution in [3.05, 3.63) is 35.4 Å². The van der Waals surface area contributed by atoms with Crippen molar-refractivity contribution in [3.8, 4) is 0 Å². The van der Waals surface area contributed by atoms with Crippen molar-refractivity contribution in [2.24, 2.45) is 11.7 Å². The highest BCUT2D eigenvalue weighted by atomic mass is 19.2. The maximum Gasteiger partial charge on any atom is 0.317 e. The summed E-state index contributed by atoms with van der Waals surface area (Å²) in [4.78, 5) is 24.8. The summed E-state index contributed by atoms with van der Waals surface area (Å²) < 4.78 is 26.1. The lowest BCUT2D eigenvalue weighted by Crippen LogP contribution is -2.46. The summed E-state index contributed by atoms with van der Waals surface area (Å²) in [5.74, 6) is -2.39. The molecule has 120 valence electrons. The standard InChI is InChI=1S/C15H19F2N3O2/c1-9(11-2-3-12(16)13(17)8-11)19-15(22)20-6-4-10(5-7-20)14(18)21/h2-3,8-10H,4-7H2,1H3,(H2,18,21)(H,19,22). The van der Waals surface area contributed by atoms with Crippen molar-refractivity contribution in [3.63, 3.8) is 0 Å². The van der Waals surface area contributed by atoms with E-state index in [1.165, 1.54) is 6.07 Å². The van der Waals surface area contributed by atoms with Gasteiger partial charge in [0.2, 0.25) is 5.91 Å². The number of hydrogen-bond acceptors (Lipinski definition) is 2. The Hall–Kier alpha value is -2.18. The van der Waals surface area contributed by atoms with E-state index in [1.54, 1.807) is 11.8 Å². The number of rotatable bonds is 3. The molecule has 1 aliphatic rings. The van der Waals surface area contributed by atoms with Crippen molar-refractivity contribution in [1.82, 2.24) is 10.2 Å². The molecule has 1 aromatic carbocycles. The molecule has 1 unspecified atom stereocenters. The zero-order valence-electron chi connectivity index (χ0n) is 12.3. The van der Waals surface area contributed by atoms with Gasteiger partial charge in [0.05, 0.1) is 6.04 Å². The third-order valence-corrected chi connectivity index (χ3v) is 3.97. The molecule has 22 heavy (non-hydrogen) atoms. The summed E-state index contributed by atoms with van der Waals surface area (Å²) in [5, 5.41) is 2.74. The summed E-state index contributed by atoms with van der Waals surface area (Å²) in [5.41, 5.74) is 5.73. The number of benzene rings is 1. The second-order valence-electron chi connectivity index (χ2n) is 5.51. The minimum Gasteiger partial charge on any atom is -0.369 e. The lowest BCUT2D eigenvalue weighted by Gasteiger charge is -2.31. The molecule has 0 radical (unpaired) electrons. The van der Waals surface area contributed by atoms with Gasteiger partial charge in [-0.25, -0.2) is 13.6 Å². The van der Waals surface area contributed by atoms with E-state index in [9.17, 15) is 18.4 Å². The molecule has 5 nitrogen and oxygen atoms in total. The molecule has 1 aromatic rings. The van der Waals surface area contributed by atoms with Gasteiger partial charge in [0, 0.05) is 19.0 Å². The van der Waals surface area contributed by atoms with Gasteiger partial charge in [-0.05, 0) is 37.5 Å². The first-order chi connectivity index (χ1) is 10.4. The molecule has 3 amide bonds. The molecule has 3 N–H and O–H groups in total. The van der Waals surface area contributed by atoms with Gasteiger partial charge >= 0.3 is 6.03 Å². The quantitative estimate of drug-likeness (QED) is 0.895. The number of nitrogens with zero attached hydrogens (tertiary/aromatic N) is 1. The van der Waals surface area contributed by atoms with Gasteiger partial charge in [-0.2, -0.15) is 0 Å². The molecule has 7 heteroatoms. The fraction of sp³-hybridized carbons (Fsp3) is 0.467. The molecule has 0 aliphatic carbocycles. The van der Waals surface area contributed by atoms with E-state index in [0.717, 1.165) is 12.1 Å². The third kappa shape index (κ3) is 3.72. The molecule has 1 atom stereocenters. The molecule has 0 saturated carbocycles. The minimum atomic E-state index is -0.944. The first-order valence-electron chi connectivity index (χ1n) is 7.18. The average molecular weight is 311 g/mol. The lowest BCUT2D eigenvalue weighted by atomic mass is 9.96. The summed E-state index contributed by atoms with van der Waals surface area (Å²) in [6.07, 6.45) is 1.09. The van der Waals surface area contributed by atoms with E-state index < -0.39 is 17.7 Å². The first kappa shape index (κ1) is 16.2. The minimum absolute atomic E-state index is 0.187. The van der Waals surface area contributed by atoms with E-state index >= 15 is 0 Å². The zero-order chi connectivity index (χ0) is 16.3. The molecular weight excluding hydrogens is 292 g/mol. The molecule has 1 heterocycles. The van der Waals surface area contributed by atoms with E-state index in [0.29, 0.717) is 31.5 Å². The Balaban J connectivity index is 1.91. The van der Waals surface area contributed by atoms with Crippen molar-refractivity contribution >= 4 is 11.9 Å². The summed E-state index contributed by atoms with van der Waals surface area (Å²) in [7, 11) is 0. The monoisotopic (exact) mass is 311 g/mol. The number of likely N-dealkylation sites (tertiary alicyclic amines) is 1. The van der Waals surface area contributed by atoms with Crippen LogP contribution in [-0.2, 0) is 4.79 Å².